The SMILES string of the molecule is CCOC(=O)c1ccsc1NC(=O)CSc1ccccn1. The number of carbonyl (C=O) groups is 2. The first-order valence-electron chi connectivity index (χ1n) is 6.29. The lowest BCUT2D eigenvalue weighted by Crippen LogP contribution is -2.16. The zero-order valence-electron chi connectivity index (χ0n) is 11.4. The molecule has 0 aliphatic heterocycles. The number of hydrogen-bond donors (Lipinski definition) is 1. The van der Waals surface area contributed by atoms with Crippen LogP contribution in [0.4, 0.5) is 5.00 Å². The van der Waals surface area contributed by atoms with Gasteiger partial charge in [0.1, 0.15) is 5.00 Å². The molecule has 0 fully saturated rings. The van der Waals surface area contributed by atoms with E-state index in [-0.39, 0.29) is 11.7 Å². The van der Waals surface area contributed by atoms with Crippen LogP contribution in [0, 0.1) is 0 Å². The highest BCUT2D eigenvalue weighted by atomic mass is 32.2. The van der Waals surface area contributed by atoms with Crippen LogP contribution in [-0.4, -0.2) is 29.2 Å². The van der Waals surface area contributed by atoms with Crippen molar-refractivity contribution in [1.82, 2.24) is 4.98 Å². The number of esters is 1. The zero-order chi connectivity index (χ0) is 15.1. The van der Waals surface area contributed by atoms with Gasteiger partial charge in [-0.05, 0) is 30.5 Å². The Bertz CT molecular complexity index is 614. The third kappa shape index (κ3) is 4.57. The van der Waals surface area contributed by atoms with E-state index in [0.717, 1.165) is 5.03 Å². The van der Waals surface area contributed by atoms with Gasteiger partial charge in [-0.25, -0.2) is 9.78 Å². The van der Waals surface area contributed by atoms with E-state index in [1.807, 2.05) is 18.2 Å². The van der Waals surface area contributed by atoms with Gasteiger partial charge in [0.25, 0.3) is 0 Å². The number of nitrogens with one attached hydrogen (secondary N) is 1. The summed E-state index contributed by atoms with van der Waals surface area (Å²) in [4.78, 5) is 27.7. The number of thiophene rings is 1. The van der Waals surface area contributed by atoms with Gasteiger partial charge in [-0.1, -0.05) is 17.8 Å². The van der Waals surface area contributed by atoms with Crippen LogP contribution in [0.3, 0.4) is 0 Å². The molecule has 0 saturated carbocycles. The Morgan fingerprint density at radius 3 is 2.95 bits per heavy atom. The zero-order valence-corrected chi connectivity index (χ0v) is 13.0. The maximum atomic E-state index is 11.9. The molecular weight excluding hydrogens is 308 g/mol. The second kappa shape index (κ2) is 7.80. The Morgan fingerprint density at radius 1 is 1.38 bits per heavy atom. The molecular formula is C14H14N2O3S2. The Labute approximate surface area is 130 Å². The lowest BCUT2D eigenvalue weighted by molar-refractivity contribution is -0.113. The van der Waals surface area contributed by atoms with E-state index in [1.54, 1.807) is 24.6 Å². The molecule has 21 heavy (non-hydrogen) atoms. The number of pyridine rings is 1. The molecule has 2 aromatic heterocycles. The van der Waals surface area contributed by atoms with Gasteiger partial charge in [0.15, 0.2) is 0 Å². The maximum absolute atomic E-state index is 11.9. The van der Waals surface area contributed by atoms with Crippen molar-refractivity contribution in [2.75, 3.05) is 17.7 Å². The van der Waals surface area contributed by atoms with Crippen LogP contribution in [-0.2, 0) is 9.53 Å². The highest BCUT2D eigenvalue weighted by Crippen LogP contribution is 2.24. The summed E-state index contributed by atoms with van der Waals surface area (Å²) < 4.78 is 4.94. The van der Waals surface area contributed by atoms with Gasteiger partial charge in [0.2, 0.25) is 5.91 Å². The maximum Gasteiger partial charge on any atom is 0.341 e. The van der Waals surface area contributed by atoms with Crippen LogP contribution in [0.15, 0.2) is 40.9 Å². The molecule has 7 heteroatoms. The number of ether oxygens (including phenoxy) is 1. The van der Waals surface area contributed by atoms with Gasteiger partial charge >= 0.3 is 5.97 Å². The summed E-state index contributed by atoms with van der Waals surface area (Å²) in [6, 6.07) is 7.17. The van der Waals surface area contributed by atoms with Crippen molar-refractivity contribution in [3.8, 4) is 0 Å². The molecule has 1 N–H and O–H groups in total. The molecule has 0 unspecified atom stereocenters. The predicted octanol–water partition coefficient (Wildman–Crippen LogP) is 3.05. The monoisotopic (exact) mass is 322 g/mol. The molecule has 2 rings (SSSR count). The number of anilines is 1. The molecule has 0 radical (unpaired) electrons. The molecule has 2 aromatic rings. The quantitative estimate of drug-likeness (QED) is 0.654. The standard InChI is InChI=1S/C14H14N2O3S2/c1-2-19-14(18)10-6-8-20-13(10)16-11(17)9-21-12-5-3-4-7-15-12/h3-8H,2,9H2,1H3,(H,16,17). The first-order chi connectivity index (χ1) is 10.2. The summed E-state index contributed by atoms with van der Waals surface area (Å²) in [6.45, 7) is 2.05. The van der Waals surface area contributed by atoms with Gasteiger partial charge in [-0.15, -0.1) is 11.3 Å². The third-order valence-electron chi connectivity index (χ3n) is 2.40. The van der Waals surface area contributed by atoms with Crippen LogP contribution in [0.25, 0.3) is 0 Å². The molecule has 0 aliphatic rings. The van der Waals surface area contributed by atoms with Crippen LogP contribution < -0.4 is 5.32 Å². The number of aromatic nitrogens is 1. The average molecular weight is 322 g/mol. The molecule has 5 nitrogen and oxygen atoms in total. The van der Waals surface area contributed by atoms with Gasteiger partial charge in [-0.3, -0.25) is 4.79 Å². The fourth-order valence-corrected chi connectivity index (χ4v) is 2.96. The van der Waals surface area contributed by atoms with Crippen molar-refractivity contribution >= 4 is 40.0 Å². The fourth-order valence-electron chi connectivity index (χ4n) is 1.51. The second-order valence-electron chi connectivity index (χ2n) is 3.89. The predicted molar refractivity (Wildman–Crippen MR) is 83.9 cm³/mol. The minimum atomic E-state index is -0.425. The van der Waals surface area contributed by atoms with Crippen LogP contribution in [0.1, 0.15) is 17.3 Å². The van der Waals surface area contributed by atoms with E-state index in [4.69, 9.17) is 4.74 Å². The second-order valence-corrected chi connectivity index (χ2v) is 5.80. The van der Waals surface area contributed by atoms with E-state index < -0.39 is 5.97 Å². The lowest BCUT2D eigenvalue weighted by atomic mass is 10.3. The molecule has 110 valence electrons. The lowest BCUT2D eigenvalue weighted by Gasteiger charge is -2.05. The number of thioether (sulfide) groups is 1. The summed E-state index contributed by atoms with van der Waals surface area (Å²) >= 11 is 2.64. The van der Waals surface area contributed by atoms with E-state index in [9.17, 15) is 9.59 Å². The highest BCUT2D eigenvalue weighted by molar-refractivity contribution is 7.99. The average Bonchev–Trinajstić information content (AvgIpc) is 2.95. The summed E-state index contributed by atoms with van der Waals surface area (Å²) in [5, 5.41) is 5.77. The number of hydrogen-bond acceptors (Lipinski definition) is 6. The Kier molecular flexibility index (Phi) is 5.77. The third-order valence-corrected chi connectivity index (χ3v) is 4.18. The van der Waals surface area contributed by atoms with Crippen molar-refractivity contribution in [3.63, 3.8) is 0 Å². The first-order valence-corrected chi connectivity index (χ1v) is 8.15. The van der Waals surface area contributed by atoms with Gasteiger partial charge in [0.05, 0.1) is 22.9 Å². The Balaban J connectivity index is 1.91. The van der Waals surface area contributed by atoms with Crippen LogP contribution in [0.2, 0.25) is 0 Å². The molecule has 0 atom stereocenters. The largest absolute Gasteiger partial charge is 0.462 e. The smallest absolute Gasteiger partial charge is 0.341 e. The molecule has 1 amide bonds. The number of nitrogens with zero attached hydrogens (tertiary/aromatic N) is 1. The fraction of sp³-hybridized carbons (Fsp3) is 0.214. The molecule has 0 aliphatic carbocycles. The van der Waals surface area contributed by atoms with Crippen molar-refractivity contribution in [1.29, 1.82) is 0 Å². The van der Waals surface area contributed by atoms with Gasteiger partial charge < -0.3 is 10.1 Å². The van der Waals surface area contributed by atoms with Crippen molar-refractivity contribution in [2.45, 2.75) is 11.9 Å². The summed E-state index contributed by atoms with van der Waals surface area (Å²) in [5.41, 5.74) is 0.387. The van der Waals surface area contributed by atoms with Gasteiger partial charge in [-0.2, -0.15) is 0 Å². The van der Waals surface area contributed by atoms with E-state index >= 15 is 0 Å². The molecule has 0 saturated heterocycles. The Morgan fingerprint density at radius 2 is 2.24 bits per heavy atom. The van der Waals surface area contributed by atoms with Crippen molar-refractivity contribution < 1.29 is 14.3 Å². The number of rotatable bonds is 6. The summed E-state index contributed by atoms with van der Waals surface area (Å²) in [7, 11) is 0. The first kappa shape index (κ1) is 15.5. The molecule has 0 bridgehead atoms. The number of amides is 1. The van der Waals surface area contributed by atoms with Gasteiger partial charge in [0, 0.05) is 6.20 Å². The van der Waals surface area contributed by atoms with Crippen molar-refractivity contribution in [2.24, 2.45) is 0 Å². The molecule has 2 heterocycles. The summed E-state index contributed by atoms with van der Waals surface area (Å²) in [5.74, 6) is -0.373. The minimum absolute atomic E-state index is 0.182. The van der Waals surface area contributed by atoms with E-state index in [2.05, 4.69) is 10.3 Å². The van der Waals surface area contributed by atoms with Crippen LogP contribution in [0.5, 0.6) is 0 Å². The molecule has 0 spiro atoms. The number of carbonyl (C=O) groups excluding carboxylic acids is 2. The molecule has 0 aromatic carbocycles. The topological polar surface area (TPSA) is 68.3 Å². The van der Waals surface area contributed by atoms with Crippen LogP contribution >= 0.6 is 23.1 Å². The minimum Gasteiger partial charge on any atom is -0.462 e. The van der Waals surface area contributed by atoms with Crippen molar-refractivity contribution in [3.05, 3.63) is 41.4 Å². The Hall–Kier alpha value is -1.86. The van der Waals surface area contributed by atoms with E-state index in [1.165, 1.54) is 23.1 Å². The normalized spacial score (nSPS) is 10.1. The van der Waals surface area contributed by atoms with E-state index in [0.29, 0.717) is 17.2 Å². The highest BCUT2D eigenvalue weighted by Gasteiger charge is 2.16. The summed E-state index contributed by atoms with van der Waals surface area (Å²) in [6.07, 6.45) is 1.68.